The van der Waals surface area contributed by atoms with Crippen molar-refractivity contribution >= 4 is 11.3 Å². The lowest BCUT2D eigenvalue weighted by atomic mass is 9.91. The number of aromatic nitrogens is 1. The second kappa shape index (κ2) is 11.2. The monoisotopic (exact) mass is 420 g/mol. The molecule has 2 rings (SSSR count). The van der Waals surface area contributed by atoms with Gasteiger partial charge in [0.15, 0.2) is 0 Å². The minimum absolute atomic E-state index is 0.0579. The van der Waals surface area contributed by atoms with Crippen molar-refractivity contribution in [2.24, 2.45) is 0 Å². The Kier molecular flexibility index (Phi) is 8.91. The van der Waals surface area contributed by atoms with Gasteiger partial charge in [-0.25, -0.2) is 0 Å². The van der Waals surface area contributed by atoms with Crippen molar-refractivity contribution in [1.82, 2.24) is 10.3 Å². The van der Waals surface area contributed by atoms with Crippen LogP contribution in [0.25, 0.3) is 11.3 Å². The topological polar surface area (TPSA) is 34.1 Å². The summed E-state index contributed by atoms with van der Waals surface area (Å²) in [6.45, 7) is 22.0. The minimum Gasteiger partial charge on any atom is -0.490 e. The summed E-state index contributed by atoms with van der Waals surface area (Å²) in [5, 5.41) is 3.45. The molecule has 2 aromatic rings. The van der Waals surface area contributed by atoms with Crippen LogP contribution in [-0.4, -0.2) is 11.1 Å². The standard InChI is InChI=1S/C28H40N2O/c1-9-11-25(12-10-2)31-26-16-23(20(3)4)15-24(17-26)21(5)29-18-22-13-14-27(30-19-22)28(6,7)8/h13-17,19,25,29H,3,5,9-12,18H2,1-2,4,6-8H3. The third-order valence-corrected chi connectivity index (χ3v) is 5.37. The minimum atomic E-state index is 0.0579. The Morgan fingerprint density at radius 1 is 1.03 bits per heavy atom. The van der Waals surface area contributed by atoms with E-state index in [1.165, 1.54) is 0 Å². The smallest absolute Gasteiger partial charge is 0.120 e. The molecule has 0 aliphatic carbocycles. The van der Waals surface area contributed by atoms with Gasteiger partial charge in [0.05, 0.1) is 6.10 Å². The van der Waals surface area contributed by atoms with Crippen LogP contribution >= 0.6 is 0 Å². The fraction of sp³-hybridized carbons (Fsp3) is 0.464. The molecule has 1 heterocycles. The Labute approximate surface area is 189 Å². The zero-order valence-electron chi connectivity index (χ0n) is 20.3. The predicted octanol–water partition coefficient (Wildman–Crippen LogP) is 7.52. The average Bonchev–Trinajstić information content (AvgIpc) is 2.71. The van der Waals surface area contributed by atoms with Crippen LogP contribution in [-0.2, 0) is 12.0 Å². The van der Waals surface area contributed by atoms with E-state index < -0.39 is 0 Å². The van der Waals surface area contributed by atoms with Crippen LogP contribution in [0.15, 0.2) is 49.7 Å². The van der Waals surface area contributed by atoms with Crippen molar-refractivity contribution in [3.63, 3.8) is 0 Å². The van der Waals surface area contributed by atoms with Gasteiger partial charge >= 0.3 is 0 Å². The molecule has 1 aromatic heterocycles. The molecule has 0 amide bonds. The number of nitrogens with zero attached hydrogens (tertiary/aromatic N) is 1. The van der Waals surface area contributed by atoms with Gasteiger partial charge in [-0.2, -0.15) is 0 Å². The van der Waals surface area contributed by atoms with Crippen LogP contribution in [0.1, 0.15) is 89.6 Å². The number of pyridine rings is 1. The fourth-order valence-corrected chi connectivity index (χ4v) is 3.47. The largest absolute Gasteiger partial charge is 0.490 e. The summed E-state index contributed by atoms with van der Waals surface area (Å²) in [4.78, 5) is 4.62. The Hall–Kier alpha value is -2.55. The zero-order chi connectivity index (χ0) is 23.0. The maximum Gasteiger partial charge on any atom is 0.120 e. The number of allylic oxidation sites excluding steroid dienone is 1. The van der Waals surface area contributed by atoms with Gasteiger partial charge < -0.3 is 10.1 Å². The van der Waals surface area contributed by atoms with E-state index in [0.717, 1.165) is 65.1 Å². The highest BCUT2D eigenvalue weighted by Gasteiger charge is 2.15. The molecule has 3 heteroatoms. The zero-order valence-corrected chi connectivity index (χ0v) is 20.3. The third kappa shape index (κ3) is 7.57. The van der Waals surface area contributed by atoms with E-state index in [1.54, 1.807) is 0 Å². The lowest BCUT2D eigenvalue weighted by Crippen LogP contribution is -2.17. The normalized spacial score (nSPS) is 11.5. The summed E-state index contributed by atoms with van der Waals surface area (Å²) in [5.41, 5.74) is 6.29. The van der Waals surface area contributed by atoms with Crippen LogP contribution in [0.5, 0.6) is 5.75 Å². The fourth-order valence-electron chi connectivity index (χ4n) is 3.47. The Morgan fingerprint density at radius 3 is 2.19 bits per heavy atom. The Bertz CT molecular complexity index is 869. The van der Waals surface area contributed by atoms with Gasteiger partial charge in [-0.3, -0.25) is 4.98 Å². The second-order valence-corrected chi connectivity index (χ2v) is 9.48. The molecule has 31 heavy (non-hydrogen) atoms. The maximum absolute atomic E-state index is 6.36. The molecular formula is C28H40N2O. The van der Waals surface area contributed by atoms with Gasteiger partial charge in [0.25, 0.3) is 0 Å². The molecule has 0 spiro atoms. The molecule has 0 fully saturated rings. The molecule has 0 aliphatic rings. The maximum atomic E-state index is 6.36. The summed E-state index contributed by atoms with van der Waals surface area (Å²) in [7, 11) is 0. The first-order chi connectivity index (χ1) is 14.6. The van der Waals surface area contributed by atoms with E-state index >= 15 is 0 Å². The van der Waals surface area contributed by atoms with Gasteiger partial charge in [-0.15, -0.1) is 0 Å². The number of rotatable bonds is 11. The summed E-state index contributed by atoms with van der Waals surface area (Å²) < 4.78 is 6.36. The molecule has 0 unspecified atom stereocenters. The van der Waals surface area contributed by atoms with Crippen molar-refractivity contribution in [1.29, 1.82) is 0 Å². The molecule has 0 saturated heterocycles. The summed E-state index contributed by atoms with van der Waals surface area (Å²) in [6, 6.07) is 10.5. The van der Waals surface area contributed by atoms with Gasteiger partial charge in [-0.05, 0) is 55.2 Å². The summed E-state index contributed by atoms with van der Waals surface area (Å²) in [6.07, 6.45) is 6.56. The van der Waals surface area contributed by atoms with E-state index in [9.17, 15) is 0 Å². The van der Waals surface area contributed by atoms with Crippen molar-refractivity contribution in [3.05, 3.63) is 72.1 Å². The first-order valence-electron chi connectivity index (χ1n) is 11.5. The van der Waals surface area contributed by atoms with E-state index in [0.29, 0.717) is 6.54 Å². The number of hydrogen-bond acceptors (Lipinski definition) is 3. The van der Waals surface area contributed by atoms with E-state index in [2.05, 4.69) is 88.4 Å². The Balaban J connectivity index is 2.15. The lowest BCUT2D eigenvalue weighted by Gasteiger charge is -2.20. The van der Waals surface area contributed by atoms with Crippen molar-refractivity contribution in [2.75, 3.05) is 0 Å². The molecule has 3 nitrogen and oxygen atoms in total. The molecule has 168 valence electrons. The quantitative estimate of drug-likeness (QED) is 0.408. The highest BCUT2D eigenvalue weighted by atomic mass is 16.5. The van der Waals surface area contributed by atoms with Crippen LogP contribution < -0.4 is 10.1 Å². The van der Waals surface area contributed by atoms with Crippen LogP contribution in [0.3, 0.4) is 0 Å². The average molecular weight is 421 g/mol. The Morgan fingerprint density at radius 2 is 1.68 bits per heavy atom. The van der Waals surface area contributed by atoms with Gasteiger partial charge in [-0.1, -0.05) is 72.3 Å². The highest BCUT2D eigenvalue weighted by Crippen LogP contribution is 2.27. The van der Waals surface area contributed by atoms with Gasteiger partial charge in [0.2, 0.25) is 0 Å². The SMILES string of the molecule is C=C(C)c1cc(OC(CCC)CCC)cc(C(=C)NCc2ccc(C(C)(C)C)nc2)c1. The molecule has 1 aromatic carbocycles. The van der Waals surface area contributed by atoms with E-state index in [4.69, 9.17) is 4.74 Å². The van der Waals surface area contributed by atoms with Crippen molar-refractivity contribution in [3.8, 4) is 5.75 Å². The number of ether oxygens (including phenoxy) is 1. The van der Waals surface area contributed by atoms with Gasteiger partial charge in [0.1, 0.15) is 5.75 Å². The van der Waals surface area contributed by atoms with Crippen molar-refractivity contribution < 1.29 is 4.74 Å². The van der Waals surface area contributed by atoms with E-state index in [1.807, 2.05) is 13.1 Å². The van der Waals surface area contributed by atoms with E-state index in [-0.39, 0.29) is 11.5 Å². The summed E-state index contributed by atoms with van der Waals surface area (Å²) >= 11 is 0. The molecular weight excluding hydrogens is 380 g/mol. The third-order valence-electron chi connectivity index (χ3n) is 5.37. The molecule has 0 bridgehead atoms. The lowest BCUT2D eigenvalue weighted by molar-refractivity contribution is 0.178. The first-order valence-corrected chi connectivity index (χ1v) is 11.5. The van der Waals surface area contributed by atoms with Crippen LogP contribution in [0, 0.1) is 0 Å². The molecule has 0 saturated carbocycles. The number of hydrogen-bond donors (Lipinski definition) is 1. The number of nitrogens with one attached hydrogen (secondary N) is 1. The molecule has 0 aliphatic heterocycles. The molecule has 1 N–H and O–H groups in total. The molecule has 0 radical (unpaired) electrons. The first kappa shape index (κ1) is 24.7. The number of benzene rings is 1. The highest BCUT2D eigenvalue weighted by molar-refractivity contribution is 5.71. The van der Waals surface area contributed by atoms with Gasteiger partial charge in [0, 0.05) is 35.1 Å². The summed E-state index contributed by atoms with van der Waals surface area (Å²) in [5.74, 6) is 0.890. The van der Waals surface area contributed by atoms with Crippen molar-refractivity contribution in [2.45, 2.75) is 85.3 Å². The predicted molar refractivity (Wildman–Crippen MR) is 134 cm³/mol. The molecule has 0 atom stereocenters. The second-order valence-electron chi connectivity index (χ2n) is 9.48. The van der Waals surface area contributed by atoms with Crippen LogP contribution in [0.4, 0.5) is 0 Å². The van der Waals surface area contributed by atoms with Crippen LogP contribution in [0.2, 0.25) is 0 Å².